The summed E-state index contributed by atoms with van der Waals surface area (Å²) in [6.07, 6.45) is 11.3. The quantitative estimate of drug-likeness (QED) is 0.726. The molecule has 0 spiro atoms. The average Bonchev–Trinajstić information content (AvgIpc) is 2.84. The monoisotopic (exact) mass is 241 g/mol. The van der Waals surface area contributed by atoms with Gasteiger partial charge >= 0.3 is 0 Å². The van der Waals surface area contributed by atoms with Gasteiger partial charge in [-0.3, -0.25) is 4.90 Å². The van der Waals surface area contributed by atoms with E-state index in [2.05, 4.69) is 41.3 Å². The Morgan fingerprint density at radius 2 is 2.11 bits per heavy atom. The van der Waals surface area contributed by atoms with Crippen molar-refractivity contribution in [1.29, 1.82) is 0 Å². The van der Waals surface area contributed by atoms with Crippen molar-refractivity contribution in [2.75, 3.05) is 19.6 Å². The minimum atomic E-state index is 0.835. The third-order valence-electron chi connectivity index (χ3n) is 4.43. The van der Waals surface area contributed by atoms with Gasteiger partial charge in [0.05, 0.1) is 0 Å². The van der Waals surface area contributed by atoms with Crippen molar-refractivity contribution >= 4 is 0 Å². The van der Waals surface area contributed by atoms with E-state index in [1.165, 1.54) is 51.7 Å². The fourth-order valence-electron chi connectivity index (χ4n) is 3.40. The number of hydrogen-bond donors (Lipinski definition) is 0. The van der Waals surface area contributed by atoms with Gasteiger partial charge in [0.25, 0.3) is 0 Å². The van der Waals surface area contributed by atoms with Gasteiger partial charge in [0.1, 0.15) is 0 Å². The van der Waals surface area contributed by atoms with Gasteiger partial charge in [0.15, 0.2) is 0 Å². The number of fused-ring (bicyclic) bond motifs is 1. The Morgan fingerprint density at radius 1 is 1.17 bits per heavy atom. The molecular formula is C17H23N. The molecule has 1 aromatic rings. The highest BCUT2D eigenvalue weighted by Gasteiger charge is 2.21. The maximum Gasteiger partial charge on any atom is 0.0163 e. The van der Waals surface area contributed by atoms with E-state index >= 15 is 0 Å². The van der Waals surface area contributed by atoms with E-state index < -0.39 is 0 Å². The molecular weight excluding hydrogens is 218 g/mol. The van der Waals surface area contributed by atoms with Gasteiger partial charge in [-0.25, -0.2) is 0 Å². The largest absolute Gasteiger partial charge is 0.299 e. The average molecular weight is 241 g/mol. The standard InChI is InChI=1S/C17H23N/c1-4-12-18(13-5-1)14-6-8-16-11-10-15-7-2-3-9-17(15)16/h1-4,7,9,16H,5-6,8,10-14H2. The van der Waals surface area contributed by atoms with Gasteiger partial charge in [-0.2, -0.15) is 0 Å². The summed E-state index contributed by atoms with van der Waals surface area (Å²) in [5, 5.41) is 0. The van der Waals surface area contributed by atoms with Crippen LogP contribution in [0.5, 0.6) is 0 Å². The summed E-state index contributed by atoms with van der Waals surface area (Å²) in [6, 6.07) is 9.04. The lowest BCUT2D eigenvalue weighted by atomic mass is 9.96. The second kappa shape index (κ2) is 5.71. The van der Waals surface area contributed by atoms with E-state index in [1.807, 2.05) is 0 Å². The second-order valence-electron chi connectivity index (χ2n) is 5.64. The van der Waals surface area contributed by atoms with Gasteiger partial charge in [-0.1, -0.05) is 36.4 Å². The highest BCUT2D eigenvalue weighted by atomic mass is 15.1. The lowest BCUT2D eigenvalue weighted by molar-refractivity contribution is 0.288. The van der Waals surface area contributed by atoms with E-state index in [9.17, 15) is 0 Å². The van der Waals surface area contributed by atoms with E-state index in [-0.39, 0.29) is 0 Å². The Hall–Kier alpha value is -1.08. The molecule has 1 atom stereocenters. The summed E-state index contributed by atoms with van der Waals surface area (Å²) >= 11 is 0. The topological polar surface area (TPSA) is 3.24 Å². The first kappa shape index (κ1) is 12.0. The smallest absolute Gasteiger partial charge is 0.0163 e. The van der Waals surface area contributed by atoms with Gasteiger partial charge in [-0.15, -0.1) is 0 Å². The van der Waals surface area contributed by atoms with E-state index in [1.54, 1.807) is 11.1 Å². The molecule has 0 saturated heterocycles. The molecule has 0 N–H and O–H groups in total. The van der Waals surface area contributed by atoms with Crippen LogP contribution in [-0.4, -0.2) is 24.5 Å². The summed E-state index contributed by atoms with van der Waals surface area (Å²) in [4.78, 5) is 2.58. The summed E-state index contributed by atoms with van der Waals surface area (Å²) < 4.78 is 0. The van der Waals surface area contributed by atoms with Crippen LogP contribution in [0.2, 0.25) is 0 Å². The zero-order valence-corrected chi connectivity index (χ0v) is 11.1. The fraction of sp³-hybridized carbons (Fsp3) is 0.529. The van der Waals surface area contributed by atoms with Crippen molar-refractivity contribution in [3.63, 3.8) is 0 Å². The van der Waals surface area contributed by atoms with Gasteiger partial charge in [-0.05, 0) is 55.7 Å². The van der Waals surface area contributed by atoms with Crippen LogP contribution in [0, 0.1) is 0 Å². The number of rotatable bonds is 4. The molecule has 1 unspecified atom stereocenters. The molecule has 1 aliphatic carbocycles. The molecule has 0 amide bonds. The van der Waals surface area contributed by atoms with Crippen molar-refractivity contribution in [3.8, 4) is 0 Å². The predicted molar refractivity (Wildman–Crippen MR) is 76.9 cm³/mol. The second-order valence-corrected chi connectivity index (χ2v) is 5.64. The van der Waals surface area contributed by atoms with Crippen LogP contribution in [0.15, 0.2) is 36.4 Å². The molecule has 0 aromatic heterocycles. The lowest BCUT2D eigenvalue weighted by Gasteiger charge is -2.23. The molecule has 0 fully saturated rings. The van der Waals surface area contributed by atoms with Crippen LogP contribution >= 0.6 is 0 Å². The summed E-state index contributed by atoms with van der Waals surface area (Å²) in [5.74, 6) is 0.835. The first-order chi connectivity index (χ1) is 8.93. The maximum atomic E-state index is 2.58. The van der Waals surface area contributed by atoms with Crippen LogP contribution < -0.4 is 0 Å². The van der Waals surface area contributed by atoms with Crippen LogP contribution in [0.3, 0.4) is 0 Å². The molecule has 18 heavy (non-hydrogen) atoms. The van der Waals surface area contributed by atoms with Crippen LogP contribution in [0.25, 0.3) is 0 Å². The van der Waals surface area contributed by atoms with Crippen molar-refractivity contribution in [3.05, 3.63) is 47.5 Å². The molecule has 0 saturated carbocycles. The van der Waals surface area contributed by atoms with E-state index in [4.69, 9.17) is 0 Å². The fourth-order valence-corrected chi connectivity index (χ4v) is 3.40. The molecule has 1 nitrogen and oxygen atoms in total. The Morgan fingerprint density at radius 3 is 3.00 bits per heavy atom. The molecule has 1 heterocycles. The lowest BCUT2D eigenvalue weighted by Crippen LogP contribution is -2.28. The molecule has 1 aromatic carbocycles. The van der Waals surface area contributed by atoms with Crippen LogP contribution in [0.1, 0.15) is 42.7 Å². The maximum absolute atomic E-state index is 2.58. The number of aryl methyl sites for hydroxylation is 1. The Kier molecular flexibility index (Phi) is 3.80. The molecule has 2 aliphatic rings. The normalized spacial score (nSPS) is 23.2. The summed E-state index contributed by atoms with van der Waals surface area (Å²) in [7, 11) is 0. The summed E-state index contributed by atoms with van der Waals surface area (Å²) in [6.45, 7) is 3.71. The Labute approximate surface area is 111 Å². The molecule has 1 heteroatoms. The minimum absolute atomic E-state index is 0.835. The molecule has 1 aliphatic heterocycles. The van der Waals surface area contributed by atoms with Crippen molar-refractivity contribution in [1.82, 2.24) is 4.90 Å². The molecule has 0 radical (unpaired) electrons. The van der Waals surface area contributed by atoms with Gasteiger partial charge < -0.3 is 0 Å². The zero-order chi connectivity index (χ0) is 12.2. The van der Waals surface area contributed by atoms with Crippen molar-refractivity contribution in [2.45, 2.75) is 38.0 Å². The number of hydrogen-bond acceptors (Lipinski definition) is 1. The molecule has 3 rings (SSSR count). The first-order valence-corrected chi connectivity index (χ1v) is 7.38. The van der Waals surface area contributed by atoms with E-state index in [0.717, 1.165) is 5.92 Å². The number of nitrogens with zero attached hydrogens (tertiary/aromatic N) is 1. The highest BCUT2D eigenvalue weighted by Crippen LogP contribution is 2.35. The van der Waals surface area contributed by atoms with Crippen molar-refractivity contribution in [2.24, 2.45) is 0 Å². The number of benzene rings is 1. The Bertz CT molecular complexity index is 421. The molecule has 0 bridgehead atoms. The third-order valence-corrected chi connectivity index (χ3v) is 4.43. The highest BCUT2D eigenvalue weighted by molar-refractivity contribution is 5.34. The van der Waals surface area contributed by atoms with E-state index in [0.29, 0.717) is 0 Å². The van der Waals surface area contributed by atoms with Crippen molar-refractivity contribution < 1.29 is 0 Å². The van der Waals surface area contributed by atoms with Gasteiger partial charge in [0, 0.05) is 13.1 Å². The summed E-state index contributed by atoms with van der Waals surface area (Å²) in [5.41, 5.74) is 3.24. The Balaban J connectivity index is 1.48. The minimum Gasteiger partial charge on any atom is -0.299 e. The SMILES string of the molecule is C1=CCN(CCCC2CCc3ccccc32)CC1. The van der Waals surface area contributed by atoms with Crippen LogP contribution in [0.4, 0.5) is 0 Å². The molecule has 96 valence electrons. The van der Waals surface area contributed by atoms with Gasteiger partial charge in [0.2, 0.25) is 0 Å². The zero-order valence-electron chi connectivity index (χ0n) is 11.1. The van der Waals surface area contributed by atoms with Crippen LogP contribution in [-0.2, 0) is 6.42 Å². The predicted octanol–water partition coefficient (Wildman–Crippen LogP) is 3.76. The first-order valence-electron chi connectivity index (χ1n) is 7.38. The third kappa shape index (κ3) is 2.67.